The largest absolute Gasteiger partial charge is 0.478 e. The molecule has 0 saturated heterocycles. The Morgan fingerprint density at radius 3 is 2.55 bits per heavy atom. The van der Waals surface area contributed by atoms with Crippen molar-refractivity contribution < 1.29 is 24.5 Å². The molecule has 0 bridgehead atoms. The fourth-order valence-corrected chi connectivity index (χ4v) is 10.6. The minimum absolute atomic E-state index is 0.176. The van der Waals surface area contributed by atoms with Gasteiger partial charge in [0.25, 0.3) is 0 Å². The van der Waals surface area contributed by atoms with Crippen molar-refractivity contribution >= 4 is 17.1 Å². The van der Waals surface area contributed by atoms with Crippen LogP contribution in [0.1, 0.15) is 95.3 Å². The third-order valence-electron chi connectivity index (χ3n) is 12.3. The van der Waals surface area contributed by atoms with Crippen LogP contribution < -0.4 is 0 Å². The molecule has 4 aliphatic carbocycles. The number of nitrogens with zero attached hydrogens (tertiary/aromatic N) is 1. The molecule has 2 aromatic rings. The normalized spacial score (nSPS) is 43.3. The number of carboxylic acid groups (broad SMARTS) is 1. The van der Waals surface area contributed by atoms with Gasteiger partial charge in [0.05, 0.1) is 17.8 Å². The van der Waals surface area contributed by atoms with Crippen LogP contribution in [0.3, 0.4) is 0 Å². The molecule has 3 N–H and O–H groups in total. The first-order valence-corrected chi connectivity index (χ1v) is 15.1. The van der Waals surface area contributed by atoms with Gasteiger partial charge in [-0.1, -0.05) is 40.2 Å². The second kappa shape index (κ2) is 9.33. The molecule has 6 heteroatoms. The number of aliphatic hydroxyl groups excluding tert-OH is 2. The smallest absolute Gasteiger partial charge is 0.338 e. The highest BCUT2D eigenvalue weighted by Gasteiger charge is 2.64. The van der Waals surface area contributed by atoms with Crippen molar-refractivity contribution in [2.75, 3.05) is 0 Å². The zero-order valence-electron chi connectivity index (χ0n) is 23.4. The zero-order valence-corrected chi connectivity index (χ0v) is 23.4. The fraction of sp³-hybridized carbons (Fsp3) is 0.750. The second-order valence-corrected chi connectivity index (χ2v) is 13.9. The summed E-state index contributed by atoms with van der Waals surface area (Å²) in [4.78, 5) is 16.3. The SMILES string of the molecule is CC[C@H]1[C@@H](O)C2C3CC[C@H]([C@H](C)Cc4nc5c(C(=O)O)cccc5o4)[C@@]3(C)CCC2[C@@]2(C)CC[C@@H](O)C[C@@H]12. The molecule has 4 aliphatic rings. The van der Waals surface area contributed by atoms with Crippen LogP contribution in [0.15, 0.2) is 22.6 Å². The van der Waals surface area contributed by atoms with Crippen molar-refractivity contribution in [3.63, 3.8) is 0 Å². The van der Waals surface area contributed by atoms with Gasteiger partial charge in [0.15, 0.2) is 11.5 Å². The maximum atomic E-state index is 11.9. The molecule has 0 aliphatic heterocycles. The first-order valence-electron chi connectivity index (χ1n) is 15.1. The van der Waals surface area contributed by atoms with Crippen molar-refractivity contribution in [3.05, 3.63) is 29.7 Å². The van der Waals surface area contributed by atoms with Gasteiger partial charge in [0.1, 0.15) is 5.52 Å². The predicted molar refractivity (Wildman–Crippen MR) is 146 cm³/mol. The topological polar surface area (TPSA) is 104 Å². The second-order valence-electron chi connectivity index (χ2n) is 13.9. The van der Waals surface area contributed by atoms with E-state index in [1.54, 1.807) is 18.2 Å². The zero-order chi connectivity index (χ0) is 27.0. The number of rotatable bonds is 5. The van der Waals surface area contributed by atoms with Crippen molar-refractivity contribution in [3.8, 4) is 0 Å². The lowest BCUT2D eigenvalue weighted by Crippen LogP contribution is -2.62. The van der Waals surface area contributed by atoms with Gasteiger partial charge in [-0.15, -0.1) is 0 Å². The summed E-state index contributed by atoms with van der Waals surface area (Å²) in [6.45, 7) is 9.52. The molecule has 6 rings (SSSR count). The fourth-order valence-electron chi connectivity index (χ4n) is 10.6. The average molecular weight is 524 g/mol. The van der Waals surface area contributed by atoms with E-state index >= 15 is 0 Å². The van der Waals surface area contributed by atoms with Crippen molar-refractivity contribution in [2.45, 2.75) is 97.7 Å². The molecule has 3 unspecified atom stereocenters. The van der Waals surface area contributed by atoms with Gasteiger partial charge < -0.3 is 19.7 Å². The summed E-state index contributed by atoms with van der Waals surface area (Å²) >= 11 is 0. The van der Waals surface area contributed by atoms with E-state index in [1.165, 1.54) is 19.3 Å². The molecule has 1 aromatic heterocycles. The predicted octanol–water partition coefficient (Wildman–Crippen LogP) is 6.33. The summed E-state index contributed by atoms with van der Waals surface area (Å²) in [7, 11) is 0. The van der Waals surface area contributed by atoms with Crippen LogP contribution in [0.2, 0.25) is 0 Å². The molecule has 38 heavy (non-hydrogen) atoms. The highest BCUT2D eigenvalue weighted by molar-refractivity contribution is 6.00. The summed E-state index contributed by atoms with van der Waals surface area (Å²) in [6.07, 6.45) is 8.72. The number of hydrogen-bond acceptors (Lipinski definition) is 5. The Morgan fingerprint density at radius 2 is 1.82 bits per heavy atom. The van der Waals surface area contributed by atoms with Gasteiger partial charge in [-0.25, -0.2) is 9.78 Å². The molecule has 4 fully saturated rings. The minimum atomic E-state index is -0.980. The first-order chi connectivity index (χ1) is 18.1. The van der Waals surface area contributed by atoms with E-state index in [2.05, 4.69) is 32.7 Å². The number of benzene rings is 1. The number of oxazole rings is 1. The summed E-state index contributed by atoms with van der Waals surface area (Å²) in [6, 6.07) is 5.09. The molecular weight excluding hydrogens is 478 g/mol. The van der Waals surface area contributed by atoms with Gasteiger partial charge in [-0.05, 0) is 109 Å². The Hall–Kier alpha value is -1.92. The van der Waals surface area contributed by atoms with E-state index in [9.17, 15) is 20.1 Å². The molecule has 4 saturated carbocycles. The van der Waals surface area contributed by atoms with E-state index in [1.807, 2.05) is 0 Å². The van der Waals surface area contributed by atoms with Crippen molar-refractivity contribution in [1.29, 1.82) is 0 Å². The lowest BCUT2D eigenvalue weighted by atomic mass is 9.41. The van der Waals surface area contributed by atoms with Crippen LogP contribution in [0.5, 0.6) is 0 Å². The van der Waals surface area contributed by atoms with Gasteiger partial charge in [-0.2, -0.15) is 0 Å². The molecule has 208 valence electrons. The van der Waals surface area contributed by atoms with Gasteiger partial charge >= 0.3 is 5.97 Å². The lowest BCUT2D eigenvalue weighted by molar-refractivity contribution is -0.203. The van der Waals surface area contributed by atoms with Crippen molar-refractivity contribution in [1.82, 2.24) is 4.98 Å². The number of fused-ring (bicyclic) bond motifs is 6. The Bertz CT molecular complexity index is 1210. The number of carboxylic acids is 1. The van der Waals surface area contributed by atoms with Crippen LogP contribution in [-0.2, 0) is 6.42 Å². The third kappa shape index (κ3) is 3.80. The van der Waals surface area contributed by atoms with E-state index in [4.69, 9.17) is 4.42 Å². The Morgan fingerprint density at radius 1 is 1.08 bits per heavy atom. The number of aliphatic hydroxyl groups is 2. The van der Waals surface area contributed by atoms with Crippen LogP contribution >= 0.6 is 0 Å². The summed E-state index contributed by atoms with van der Waals surface area (Å²) in [5, 5.41) is 32.0. The standard InChI is InChI=1S/C32H45NO5/c1-5-19-24-16-18(34)11-13-32(24,4)23-12-14-31(3)21(9-10-22(31)27(23)29(19)35)17(2)15-26-33-28-20(30(36)37)7-6-8-25(28)38-26/h6-8,17-19,21-24,27,29,34-35H,5,9-16H2,1-4H3,(H,36,37)/t17-,18-,19-,21-,22?,23?,24+,27?,29-,31-,32-/m1/s1. The average Bonchev–Trinajstić information content (AvgIpc) is 3.45. The van der Waals surface area contributed by atoms with Crippen LogP contribution in [-0.4, -0.2) is 38.5 Å². The number of para-hydroxylation sites is 1. The molecule has 0 radical (unpaired) electrons. The summed E-state index contributed by atoms with van der Waals surface area (Å²) < 4.78 is 6.04. The minimum Gasteiger partial charge on any atom is -0.478 e. The molecule has 1 aromatic carbocycles. The van der Waals surface area contributed by atoms with E-state index in [-0.39, 0.29) is 34.5 Å². The van der Waals surface area contributed by atoms with Crippen molar-refractivity contribution in [2.24, 2.45) is 52.3 Å². The number of carbonyl (C=O) groups is 1. The molecule has 6 nitrogen and oxygen atoms in total. The van der Waals surface area contributed by atoms with E-state index < -0.39 is 5.97 Å². The Balaban J connectivity index is 1.26. The maximum absolute atomic E-state index is 11.9. The summed E-state index contributed by atoms with van der Waals surface area (Å²) in [5.41, 5.74) is 1.56. The molecular formula is C32H45NO5. The quantitative estimate of drug-likeness (QED) is 0.423. The highest BCUT2D eigenvalue weighted by atomic mass is 16.4. The first kappa shape index (κ1) is 26.3. The Labute approximate surface area is 226 Å². The van der Waals surface area contributed by atoms with Crippen LogP contribution in [0.25, 0.3) is 11.1 Å². The van der Waals surface area contributed by atoms with Gasteiger partial charge in [0, 0.05) is 6.42 Å². The van der Waals surface area contributed by atoms with Gasteiger partial charge in [0.2, 0.25) is 0 Å². The number of aromatic carboxylic acids is 1. The molecule has 1 heterocycles. The lowest BCUT2D eigenvalue weighted by Gasteiger charge is -2.64. The van der Waals surface area contributed by atoms with Crippen LogP contribution in [0.4, 0.5) is 0 Å². The third-order valence-corrected chi connectivity index (χ3v) is 12.3. The van der Waals surface area contributed by atoms with E-state index in [0.29, 0.717) is 58.9 Å². The van der Waals surface area contributed by atoms with Gasteiger partial charge in [-0.3, -0.25) is 0 Å². The molecule has 0 spiro atoms. The van der Waals surface area contributed by atoms with E-state index in [0.717, 1.165) is 32.1 Å². The monoisotopic (exact) mass is 523 g/mol. The number of aromatic nitrogens is 1. The van der Waals surface area contributed by atoms with Crippen LogP contribution in [0, 0.1) is 52.3 Å². The molecule has 11 atom stereocenters. The summed E-state index contributed by atoms with van der Waals surface area (Å²) in [5.74, 6) is 2.62. The molecule has 0 amide bonds. The highest BCUT2D eigenvalue weighted by Crippen LogP contribution is 2.69. The Kier molecular flexibility index (Phi) is 6.46. The number of hydrogen-bond donors (Lipinski definition) is 3. The maximum Gasteiger partial charge on any atom is 0.338 e.